The third-order valence-corrected chi connectivity index (χ3v) is 3.88. The van der Waals surface area contributed by atoms with Crippen LogP contribution in [0.2, 0.25) is 0 Å². The van der Waals surface area contributed by atoms with Gasteiger partial charge < -0.3 is 9.84 Å². The van der Waals surface area contributed by atoms with E-state index in [1.807, 2.05) is 25.1 Å². The number of aliphatic hydroxyl groups excluding tert-OH is 1. The van der Waals surface area contributed by atoms with Gasteiger partial charge in [-0.25, -0.2) is 13.6 Å². The molecule has 20 heavy (non-hydrogen) atoms. The fourth-order valence-electron chi connectivity index (χ4n) is 2.49. The van der Waals surface area contributed by atoms with Crippen LogP contribution in [0.3, 0.4) is 0 Å². The van der Waals surface area contributed by atoms with Crippen molar-refractivity contribution in [2.45, 2.75) is 13.3 Å². The summed E-state index contributed by atoms with van der Waals surface area (Å²) in [4.78, 5) is 0. The van der Waals surface area contributed by atoms with Crippen molar-refractivity contribution in [1.29, 1.82) is 0 Å². The van der Waals surface area contributed by atoms with Crippen LogP contribution in [0.5, 0.6) is 5.75 Å². The molecule has 5 nitrogen and oxygen atoms in total. The number of allylic oxidation sites excluding steroid dienone is 1. The molecule has 0 bridgehead atoms. The molecule has 3 N–H and O–H groups in total. The molecule has 0 aliphatic heterocycles. The Bertz CT molecular complexity index is 702. The number of hydrogen-bond donors (Lipinski definition) is 2. The molecule has 1 aromatic carbocycles. The Hall–Kier alpha value is -1.63. The van der Waals surface area contributed by atoms with E-state index in [-0.39, 0.29) is 6.61 Å². The summed E-state index contributed by atoms with van der Waals surface area (Å²) in [6.45, 7) is 1.52. The second-order valence-corrected chi connectivity index (χ2v) is 6.16. The molecule has 0 spiro atoms. The van der Waals surface area contributed by atoms with E-state index >= 15 is 0 Å². The van der Waals surface area contributed by atoms with Gasteiger partial charge in [0.25, 0.3) is 0 Å². The van der Waals surface area contributed by atoms with Crippen LogP contribution in [-0.2, 0) is 16.4 Å². The van der Waals surface area contributed by atoms with Gasteiger partial charge in [-0.2, -0.15) is 0 Å². The molecule has 0 heterocycles. The first-order valence-electron chi connectivity index (χ1n) is 6.07. The third-order valence-electron chi connectivity index (χ3n) is 3.27. The Morgan fingerprint density at radius 3 is 2.75 bits per heavy atom. The van der Waals surface area contributed by atoms with E-state index in [2.05, 4.69) is 0 Å². The summed E-state index contributed by atoms with van der Waals surface area (Å²) in [5, 5.41) is 15.4. The molecule has 0 amide bonds. The van der Waals surface area contributed by atoms with Gasteiger partial charge >= 0.3 is 0 Å². The van der Waals surface area contributed by atoms with Crippen LogP contribution in [-0.4, -0.2) is 27.2 Å². The Morgan fingerprint density at radius 1 is 1.50 bits per heavy atom. The highest BCUT2D eigenvalue weighted by atomic mass is 32.2. The van der Waals surface area contributed by atoms with Crippen LogP contribution >= 0.6 is 0 Å². The van der Waals surface area contributed by atoms with Gasteiger partial charge in [-0.05, 0) is 47.8 Å². The van der Waals surface area contributed by atoms with Crippen molar-refractivity contribution in [3.63, 3.8) is 0 Å². The van der Waals surface area contributed by atoms with Crippen molar-refractivity contribution in [2.75, 3.05) is 13.7 Å². The van der Waals surface area contributed by atoms with Crippen LogP contribution in [0.4, 0.5) is 0 Å². The predicted octanol–water partition coefficient (Wildman–Crippen LogP) is 1.19. The van der Waals surface area contributed by atoms with E-state index in [9.17, 15) is 13.5 Å². The summed E-state index contributed by atoms with van der Waals surface area (Å²) < 4.78 is 27.7. The highest BCUT2D eigenvalue weighted by molar-refractivity contribution is 7.92. The predicted molar refractivity (Wildman–Crippen MR) is 77.6 cm³/mol. The Kier molecular flexibility index (Phi) is 3.99. The molecule has 0 unspecified atom stereocenters. The second-order valence-electron chi connectivity index (χ2n) is 4.75. The minimum Gasteiger partial charge on any atom is -0.497 e. The van der Waals surface area contributed by atoms with Crippen molar-refractivity contribution >= 4 is 15.6 Å². The van der Waals surface area contributed by atoms with Gasteiger partial charge in [0, 0.05) is 0 Å². The first-order valence-corrected chi connectivity index (χ1v) is 7.68. The number of benzene rings is 1. The molecule has 2 rings (SSSR count). The quantitative estimate of drug-likeness (QED) is 0.873. The molecular weight excluding hydrogens is 278 g/mol. The summed E-state index contributed by atoms with van der Waals surface area (Å²) in [5.74, 6) is 0.684. The molecule has 108 valence electrons. The van der Waals surface area contributed by atoms with Crippen molar-refractivity contribution < 1.29 is 18.3 Å². The Labute approximate surface area is 118 Å². The molecule has 1 aliphatic rings. The molecule has 0 aromatic heterocycles. The number of rotatable bonds is 4. The number of sulfonamides is 1. The standard InChI is InChI=1S/C14H17NO4S/c1-9-5-10-3-4-12(19-2)6-13(10)14(9)11(7-16)8-20(15,17)18/h3-4,6,8,16H,5,7H2,1-2H3,(H2,15,17,18)/b11-8+. The van der Waals surface area contributed by atoms with Crippen molar-refractivity contribution in [3.8, 4) is 5.75 Å². The lowest BCUT2D eigenvalue weighted by Gasteiger charge is -2.10. The van der Waals surface area contributed by atoms with Crippen LogP contribution in [0.15, 0.2) is 34.8 Å². The fourth-order valence-corrected chi connectivity index (χ4v) is 3.08. The summed E-state index contributed by atoms with van der Waals surface area (Å²) in [7, 11) is -2.23. The monoisotopic (exact) mass is 295 g/mol. The molecule has 0 fully saturated rings. The first kappa shape index (κ1) is 14.8. The minimum absolute atomic E-state index is 0.303. The third kappa shape index (κ3) is 2.92. The molecule has 0 saturated heterocycles. The zero-order valence-corrected chi connectivity index (χ0v) is 12.2. The summed E-state index contributed by atoms with van der Waals surface area (Å²) in [6, 6.07) is 5.64. The lowest BCUT2D eigenvalue weighted by Crippen LogP contribution is -2.10. The topological polar surface area (TPSA) is 89.6 Å². The fraction of sp³-hybridized carbons (Fsp3) is 0.286. The van der Waals surface area contributed by atoms with Gasteiger partial charge in [0.15, 0.2) is 0 Å². The summed E-state index contributed by atoms with van der Waals surface area (Å²) in [6.07, 6.45) is 0.719. The maximum atomic E-state index is 11.2. The van der Waals surface area contributed by atoms with E-state index < -0.39 is 10.0 Å². The van der Waals surface area contributed by atoms with Crippen molar-refractivity contribution in [2.24, 2.45) is 5.14 Å². The van der Waals surface area contributed by atoms with Gasteiger partial charge in [0.2, 0.25) is 10.0 Å². The molecule has 0 atom stereocenters. The van der Waals surface area contributed by atoms with E-state index in [0.29, 0.717) is 11.3 Å². The van der Waals surface area contributed by atoms with E-state index in [1.165, 1.54) is 0 Å². The molecule has 1 aliphatic carbocycles. The highest BCUT2D eigenvalue weighted by Gasteiger charge is 2.23. The molecular formula is C14H17NO4S. The van der Waals surface area contributed by atoms with Crippen LogP contribution in [0.25, 0.3) is 5.57 Å². The molecule has 0 saturated carbocycles. The van der Waals surface area contributed by atoms with E-state index in [1.54, 1.807) is 7.11 Å². The number of aliphatic hydroxyl groups is 1. The Morgan fingerprint density at radius 2 is 2.20 bits per heavy atom. The minimum atomic E-state index is -3.80. The summed E-state index contributed by atoms with van der Waals surface area (Å²) in [5.41, 5.74) is 3.99. The van der Waals surface area contributed by atoms with Crippen molar-refractivity contribution in [3.05, 3.63) is 45.9 Å². The molecule has 6 heteroatoms. The maximum Gasteiger partial charge on any atom is 0.231 e. The zero-order valence-electron chi connectivity index (χ0n) is 11.4. The lowest BCUT2D eigenvalue weighted by molar-refractivity contribution is 0.336. The number of nitrogens with two attached hydrogens (primary N) is 1. The maximum absolute atomic E-state index is 11.2. The number of methoxy groups -OCH3 is 1. The average Bonchev–Trinajstić information content (AvgIpc) is 2.69. The summed E-state index contributed by atoms with van der Waals surface area (Å²) >= 11 is 0. The zero-order chi connectivity index (χ0) is 14.9. The number of ether oxygens (including phenoxy) is 1. The average molecular weight is 295 g/mol. The molecule has 1 aromatic rings. The Balaban J connectivity index is 2.59. The van der Waals surface area contributed by atoms with Gasteiger partial charge in [-0.1, -0.05) is 11.6 Å². The largest absolute Gasteiger partial charge is 0.497 e. The van der Waals surface area contributed by atoms with Crippen LogP contribution in [0.1, 0.15) is 18.1 Å². The number of primary sulfonamides is 1. The van der Waals surface area contributed by atoms with Crippen LogP contribution < -0.4 is 9.88 Å². The van der Waals surface area contributed by atoms with Crippen LogP contribution in [0, 0.1) is 0 Å². The normalized spacial score (nSPS) is 15.5. The second kappa shape index (κ2) is 5.40. The SMILES string of the molecule is COc1ccc2c(c1)C(/C(=C/S(N)(=O)=O)CO)=C(C)C2. The van der Waals surface area contributed by atoms with Gasteiger partial charge in [0.05, 0.1) is 19.1 Å². The smallest absolute Gasteiger partial charge is 0.231 e. The highest BCUT2D eigenvalue weighted by Crippen LogP contribution is 2.39. The number of fused-ring (bicyclic) bond motifs is 1. The lowest BCUT2D eigenvalue weighted by atomic mass is 9.99. The van der Waals surface area contributed by atoms with E-state index in [4.69, 9.17) is 9.88 Å². The molecule has 0 radical (unpaired) electrons. The first-order chi connectivity index (χ1) is 9.35. The number of hydrogen-bond acceptors (Lipinski definition) is 4. The van der Waals surface area contributed by atoms with Gasteiger partial charge in [-0.3, -0.25) is 0 Å². The van der Waals surface area contributed by atoms with E-state index in [0.717, 1.165) is 34.1 Å². The van der Waals surface area contributed by atoms with Gasteiger partial charge in [0.1, 0.15) is 5.75 Å². The van der Waals surface area contributed by atoms with Gasteiger partial charge in [-0.15, -0.1) is 0 Å². The van der Waals surface area contributed by atoms with Crippen molar-refractivity contribution in [1.82, 2.24) is 0 Å².